The van der Waals surface area contributed by atoms with Gasteiger partial charge in [-0.25, -0.2) is 9.34 Å². The van der Waals surface area contributed by atoms with Crippen molar-refractivity contribution in [2.24, 2.45) is 0 Å². The molecule has 0 radical (unpaired) electrons. The monoisotopic (exact) mass is 500 g/mol. The highest BCUT2D eigenvalue weighted by atomic mass is 32.1. The van der Waals surface area contributed by atoms with Gasteiger partial charge in [0.2, 0.25) is 0 Å². The molecule has 1 aliphatic heterocycles. The Hall–Kier alpha value is -3.51. The van der Waals surface area contributed by atoms with Crippen LogP contribution in [0, 0.1) is 0 Å². The topological polar surface area (TPSA) is 47.6 Å². The SMILES string of the molecule is O=P1(c2ccccc2)N(C(=S)Nc2ccccc2)c2ccccc2N1C(=S)Nc1ccccc1. The molecular weight excluding hydrogens is 479 g/mol. The van der Waals surface area contributed by atoms with Crippen LogP contribution < -0.4 is 25.3 Å². The van der Waals surface area contributed by atoms with E-state index in [1.54, 1.807) is 9.34 Å². The van der Waals surface area contributed by atoms with Gasteiger partial charge in [-0.3, -0.25) is 4.57 Å². The van der Waals surface area contributed by atoms with Crippen molar-refractivity contribution in [2.75, 3.05) is 20.0 Å². The third-order valence-corrected chi connectivity index (χ3v) is 9.13. The molecule has 0 saturated carbocycles. The number of rotatable bonds is 3. The molecule has 0 saturated heterocycles. The van der Waals surface area contributed by atoms with Crippen molar-refractivity contribution >= 4 is 70.2 Å². The van der Waals surface area contributed by atoms with Crippen molar-refractivity contribution in [3.8, 4) is 0 Å². The number of hydrogen-bond donors (Lipinski definition) is 2. The average molecular weight is 501 g/mol. The minimum atomic E-state index is -3.55. The lowest BCUT2D eigenvalue weighted by atomic mass is 10.2. The molecule has 0 fully saturated rings. The third-order valence-electron chi connectivity index (χ3n) is 5.41. The Morgan fingerprint density at radius 1 is 0.559 bits per heavy atom. The molecule has 0 atom stereocenters. The van der Waals surface area contributed by atoms with Crippen LogP contribution in [0.5, 0.6) is 0 Å². The summed E-state index contributed by atoms with van der Waals surface area (Å²) in [4.78, 5) is 0. The van der Waals surface area contributed by atoms with E-state index in [4.69, 9.17) is 24.4 Å². The quantitative estimate of drug-likeness (QED) is 0.242. The summed E-state index contributed by atoms with van der Waals surface area (Å²) < 4.78 is 18.6. The standard InChI is InChI=1S/C26H21N4OPS2/c31-32(22-16-8-3-9-17-22)29(25(33)27-20-12-4-1-5-13-20)23-18-10-11-19-24(23)30(32)26(34)28-21-14-6-2-7-15-21/h1-19H,(H,27,33)(H,28,34). The highest BCUT2D eigenvalue weighted by Crippen LogP contribution is 2.64. The van der Waals surface area contributed by atoms with Crippen molar-refractivity contribution in [2.45, 2.75) is 0 Å². The Labute approximate surface area is 209 Å². The molecule has 168 valence electrons. The third kappa shape index (κ3) is 3.99. The molecule has 5 rings (SSSR count). The molecule has 1 heterocycles. The average Bonchev–Trinajstić information content (AvgIpc) is 3.15. The zero-order chi connectivity index (χ0) is 23.5. The molecular formula is C26H21N4OPS2. The van der Waals surface area contributed by atoms with E-state index >= 15 is 4.57 Å². The predicted octanol–water partition coefficient (Wildman–Crippen LogP) is 6.63. The van der Waals surface area contributed by atoms with Crippen LogP contribution in [0.25, 0.3) is 0 Å². The summed E-state index contributed by atoms with van der Waals surface area (Å²) >= 11 is 11.7. The molecule has 4 aromatic rings. The van der Waals surface area contributed by atoms with E-state index in [1.807, 2.05) is 115 Å². The maximum atomic E-state index is 15.2. The highest BCUT2D eigenvalue weighted by Gasteiger charge is 2.51. The molecule has 8 heteroatoms. The van der Waals surface area contributed by atoms with E-state index in [2.05, 4.69) is 10.6 Å². The minimum Gasteiger partial charge on any atom is -0.332 e. The fraction of sp³-hybridized carbons (Fsp3) is 0. The van der Waals surface area contributed by atoms with Gasteiger partial charge in [0.15, 0.2) is 10.2 Å². The Bertz CT molecular complexity index is 1300. The van der Waals surface area contributed by atoms with Crippen LogP contribution in [-0.2, 0) is 4.57 Å². The van der Waals surface area contributed by atoms with Crippen LogP contribution in [0.3, 0.4) is 0 Å². The van der Waals surface area contributed by atoms with Gasteiger partial charge in [0.1, 0.15) is 0 Å². The highest BCUT2D eigenvalue weighted by molar-refractivity contribution is 7.87. The van der Waals surface area contributed by atoms with Crippen molar-refractivity contribution in [3.05, 3.63) is 115 Å². The molecule has 0 aliphatic carbocycles. The van der Waals surface area contributed by atoms with E-state index < -0.39 is 7.44 Å². The number of nitrogens with one attached hydrogen (secondary N) is 2. The Kier molecular flexibility index (Phi) is 6.16. The van der Waals surface area contributed by atoms with Gasteiger partial charge in [-0.05, 0) is 73.0 Å². The first-order valence-electron chi connectivity index (χ1n) is 10.7. The molecule has 0 unspecified atom stereocenters. The molecule has 0 aromatic heterocycles. The second-order valence-corrected chi connectivity index (χ2v) is 10.8. The van der Waals surface area contributed by atoms with Crippen LogP contribution in [0.15, 0.2) is 115 Å². The predicted molar refractivity (Wildman–Crippen MR) is 150 cm³/mol. The van der Waals surface area contributed by atoms with E-state index in [1.165, 1.54) is 0 Å². The van der Waals surface area contributed by atoms with Gasteiger partial charge in [-0.2, -0.15) is 0 Å². The molecule has 0 amide bonds. The van der Waals surface area contributed by atoms with Crippen molar-refractivity contribution in [1.82, 2.24) is 0 Å². The lowest BCUT2D eigenvalue weighted by Gasteiger charge is -2.33. The van der Waals surface area contributed by atoms with E-state index in [0.29, 0.717) is 15.5 Å². The summed E-state index contributed by atoms with van der Waals surface area (Å²) in [6.45, 7) is 0. The van der Waals surface area contributed by atoms with E-state index in [9.17, 15) is 0 Å². The fourth-order valence-corrected chi connectivity index (χ4v) is 7.73. The van der Waals surface area contributed by atoms with Gasteiger partial charge in [0.05, 0.1) is 16.7 Å². The molecule has 2 N–H and O–H groups in total. The molecule has 34 heavy (non-hydrogen) atoms. The van der Waals surface area contributed by atoms with Gasteiger partial charge >= 0.3 is 7.44 Å². The van der Waals surface area contributed by atoms with Gasteiger partial charge in [0.25, 0.3) is 0 Å². The van der Waals surface area contributed by atoms with Crippen LogP contribution in [-0.4, -0.2) is 10.2 Å². The van der Waals surface area contributed by atoms with Crippen molar-refractivity contribution in [1.29, 1.82) is 0 Å². The van der Waals surface area contributed by atoms with Crippen molar-refractivity contribution in [3.63, 3.8) is 0 Å². The van der Waals surface area contributed by atoms with Gasteiger partial charge in [-0.15, -0.1) is 0 Å². The fourth-order valence-electron chi connectivity index (χ4n) is 3.92. The number of para-hydroxylation sites is 4. The molecule has 1 aliphatic rings. The van der Waals surface area contributed by atoms with Crippen LogP contribution in [0.2, 0.25) is 0 Å². The first-order chi connectivity index (χ1) is 16.6. The smallest absolute Gasteiger partial charge is 0.305 e. The zero-order valence-electron chi connectivity index (χ0n) is 18.0. The van der Waals surface area contributed by atoms with Crippen LogP contribution in [0.4, 0.5) is 22.7 Å². The second-order valence-electron chi connectivity index (χ2n) is 7.58. The summed E-state index contributed by atoms with van der Waals surface area (Å²) in [6.07, 6.45) is 0. The minimum absolute atomic E-state index is 0.329. The number of anilines is 4. The van der Waals surface area contributed by atoms with Gasteiger partial charge in [-0.1, -0.05) is 66.7 Å². The zero-order valence-corrected chi connectivity index (χ0v) is 20.6. The van der Waals surface area contributed by atoms with Gasteiger partial charge < -0.3 is 10.6 Å². The van der Waals surface area contributed by atoms with E-state index in [-0.39, 0.29) is 0 Å². The number of thiocarbonyl (C=S) groups is 2. The molecule has 0 spiro atoms. The van der Waals surface area contributed by atoms with Crippen molar-refractivity contribution < 1.29 is 4.57 Å². The normalized spacial score (nSPS) is 13.8. The summed E-state index contributed by atoms with van der Waals surface area (Å²) in [5.74, 6) is 0. The summed E-state index contributed by atoms with van der Waals surface area (Å²) in [7, 11) is -3.55. The number of hydrogen-bond acceptors (Lipinski definition) is 3. The summed E-state index contributed by atoms with van der Waals surface area (Å²) in [5, 5.41) is 7.79. The van der Waals surface area contributed by atoms with Crippen LogP contribution >= 0.6 is 31.9 Å². The number of fused-ring (bicyclic) bond motifs is 1. The second kappa shape index (κ2) is 9.39. The Balaban J connectivity index is 1.64. The van der Waals surface area contributed by atoms with Crippen LogP contribution in [0.1, 0.15) is 0 Å². The first-order valence-corrected chi connectivity index (χ1v) is 13.1. The Morgan fingerprint density at radius 3 is 1.32 bits per heavy atom. The number of benzene rings is 4. The van der Waals surface area contributed by atoms with Gasteiger partial charge in [0, 0.05) is 11.4 Å². The largest absolute Gasteiger partial charge is 0.332 e. The molecule has 5 nitrogen and oxygen atoms in total. The summed E-state index contributed by atoms with van der Waals surface area (Å²) in [6, 6.07) is 36.2. The van der Waals surface area contributed by atoms with E-state index in [0.717, 1.165) is 22.7 Å². The lowest BCUT2D eigenvalue weighted by molar-refractivity contribution is 0.583. The maximum absolute atomic E-state index is 15.2. The lowest BCUT2D eigenvalue weighted by Crippen LogP contribution is -2.41. The Morgan fingerprint density at radius 2 is 0.912 bits per heavy atom. The summed E-state index contributed by atoms with van der Waals surface area (Å²) in [5.41, 5.74) is 3.07. The maximum Gasteiger partial charge on any atom is 0.305 e. The first kappa shape index (κ1) is 22.3. The molecule has 0 bridgehead atoms. The number of nitrogens with zero attached hydrogens (tertiary/aromatic N) is 2. The molecule has 4 aromatic carbocycles.